The van der Waals surface area contributed by atoms with E-state index in [4.69, 9.17) is 0 Å². The van der Waals surface area contributed by atoms with Crippen molar-refractivity contribution in [1.29, 1.82) is 0 Å². The van der Waals surface area contributed by atoms with Crippen molar-refractivity contribution in [2.75, 3.05) is 0 Å². The van der Waals surface area contributed by atoms with Gasteiger partial charge in [0.15, 0.2) is 46.5 Å². The number of hydrogen-bond donors (Lipinski definition) is 0. The first kappa shape index (κ1) is 27.3. The second kappa shape index (κ2) is 9.14. The van der Waals surface area contributed by atoms with Crippen LogP contribution >= 0.6 is 0 Å². The fourth-order valence-corrected chi connectivity index (χ4v) is 4.64. The van der Waals surface area contributed by atoms with Gasteiger partial charge in [0.25, 0.3) is 0 Å². The molecule has 0 aliphatic carbocycles. The van der Waals surface area contributed by atoms with Gasteiger partial charge in [0.2, 0.25) is 5.82 Å². The molecule has 0 unspecified atom stereocenters. The van der Waals surface area contributed by atoms with Crippen molar-refractivity contribution in [2.45, 2.75) is 6.18 Å². The van der Waals surface area contributed by atoms with Gasteiger partial charge in [-0.25, -0.2) is 43.9 Å². The number of benzene rings is 5. The summed E-state index contributed by atoms with van der Waals surface area (Å²) < 4.78 is 186. The molecule has 0 saturated heterocycles. The molecule has 0 atom stereocenters. The van der Waals surface area contributed by atoms with Crippen molar-refractivity contribution < 1.29 is 57.1 Å². The van der Waals surface area contributed by atoms with Crippen LogP contribution < -0.4 is 0 Å². The molecular formula is C27H7F13. The van der Waals surface area contributed by atoms with Gasteiger partial charge in [-0.15, -0.1) is 0 Å². The van der Waals surface area contributed by atoms with Crippen LogP contribution in [0.4, 0.5) is 57.1 Å². The Morgan fingerprint density at radius 2 is 0.775 bits per heavy atom. The summed E-state index contributed by atoms with van der Waals surface area (Å²) in [5, 5.41) is -3.01. The Hall–Kier alpha value is -4.29. The van der Waals surface area contributed by atoms with Crippen LogP contribution in [0.3, 0.4) is 0 Å². The highest BCUT2D eigenvalue weighted by atomic mass is 19.4. The summed E-state index contributed by atoms with van der Waals surface area (Å²) in [4.78, 5) is 0. The van der Waals surface area contributed by atoms with Crippen LogP contribution in [0.2, 0.25) is 0 Å². The molecule has 0 spiro atoms. The van der Waals surface area contributed by atoms with Crippen LogP contribution in [0.1, 0.15) is 5.56 Å². The Morgan fingerprint density at radius 1 is 0.375 bits per heavy atom. The van der Waals surface area contributed by atoms with Crippen LogP contribution in [0.5, 0.6) is 0 Å². The van der Waals surface area contributed by atoms with E-state index >= 15 is 13.2 Å². The second-order valence-electron chi connectivity index (χ2n) is 8.41. The molecular weight excluding hydrogens is 571 g/mol. The van der Waals surface area contributed by atoms with E-state index in [0.29, 0.717) is 6.07 Å². The average Bonchev–Trinajstić information content (AvgIpc) is 2.90. The lowest BCUT2D eigenvalue weighted by molar-refractivity contribution is -0.143. The van der Waals surface area contributed by atoms with Crippen LogP contribution in [0, 0.1) is 58.2 Å². The van der Waals surface area contributed by atoms with Gasteiger partial charge in [-0.2, -0.15) is 13.2 Å². The lowest BCUT2D eigenvalue weighted by Gasteiger charge is -2.21. The van der Waals surface area contributed by atoms with E-state index in [0.717, 1.165) is 36.4 Å². The maximum Gasteiger partial charge on any atom is 0.422 e. The van der Waals surface area contributed by atoms with E-state index in [2.05, 4.69) is 0 Å². The minimum Gasteiger partial charge on any atom is -0.206 e. The molecule has 0 fully saturated rings. The second-order valence-corrected chi connectivity index (χ2v) is 8.41. The molecule has 0 bridgehead atoms. The van der Waals surface area contributed by atoms with Gasteiger partial charge in [0.05, 0.1) is 11.1 Å². The largest absolute Gasteiger partial charge is 0.422 e. The van der Waals surface area contributed by atoms with E-state index < -0.39 is 114 Å². The topological polar surface area (TPSA) is 0 Å². The standard InChI is InChI=1S/C27H7F13/c28-11-7-3-6-10-12(15-18(29)22(33)17(27(38,39)40)23(34)19(15)30)8-4-1-2-5-9(8)14(13(10)11)16-20(31)24(35)26(37)25(36)21(16)32/h1-7H. The highest BCUT2D eigenvalue weighted by molar-refractivity contribution is 6.21. The Bertz CT molecular complexity index is 1830. The number of alkyl halides is 3. The SMILES string of the molecule is Fc1c(F)c(F)c(-c2c3ccccc3c(-c3c(F)c(F)c(C(F)(F)F)c(F)c3F)c3cccc(F)c23)c(F)c1F. The van der Waals surface area contributed by atoms with Crippen LogP contribution in [-0.4, -0.2) is 0 Å². The van der Waals surface area contributed by atoms with Crippen LogP contribution in [0.15, 0.2) is 42.5 Å². The minimum absolute atomic E-state index is 0.587. The predicted octanol–water partition coefficient (Wildman–Crippen LogP) is 9.74. The van der Waals surface area contributed by atoms with Crippen molar-refractivity contribution >= 4 is 21.5 Å². The molecule has 0 heterocycles. The monoisotopic (exact) mass is 578 g/mol. The van der Waals surface area contributed by atoms with Crippen LogP contribution in [-0.2, 0) is 6.18 Å². The number of rotatable bonds is 2. The van der Waals surface area contributed by atoms with E-state index in [9.17, 15) is 43.9 Å². The van der Waals surface area contributed by atoms with Gasteiger partial charge in [-0.05, 0) is 22.2 Å². The van der Waals surface area contributed by atoms with Crippen molar-refractivity contribution in [3.05, 3.63) is 106 Å². The van der Waals surface area contributed by atoms with Crippen molar-refractivity contribution in [3.63, 3.8) is 0 Å². The van der Waals surface area contributed by atoms with Crippen LogP contribution in [0.25, 0.3) is 43.8 Å². The van der Waals surface area contributed by atoms with Gasteiger partial charge in [0, 0.05) is 16.5 Å². The van der Waals surface area contributed by atoms with Crippen molar-refractivity contribution in [1.82, 2.24) is 0 Å². The lowest BCUT2D eigenvalue weighted by Crippen LogP contribution is -2.16. The molecule has 13 heteroatoms. The first-order chi connectivity index (χ1) is 18.7. The number of fused-ring (bicyclic) bond motifs is 2. The van der Waals surface area contributed by atoms with E-state index in [-0.39, 0.29) is 0 Å². The lowest BCUT2D eigenvalue weighted by atomic mass is 9.84. The molecule has 5 aromatic rings. The van der Waals surface area contributed by atoms with Gasteiger partial charge in [-0.1, -0.05) is 36.4 Å². The first-order valence-corrected chi connectivity index (χ1v) is 10.8. The fourth-order valence-electron chi connectivity index (χ4n) is 4.64. The van der Waals surface area contributed by atoms with Crippen molar-refractivity contribution in [2.24, 2.45) is 0 Å². The van der Waals surface area contributed by atoms with E-state index in [1.165, 1.54) is 0 Å². The fraction of sp³-hybridized carbons (Fsp3) is 0.0370. The minimum atomic E-state index is -5.87. The average molecular weight is 578 g/mol. The summed E-state index contributed by atoms with van der Waals surface area (Å²) in [5.41, 5.74) is -8.21. The molecule has 0 aliphatic heterocycles. The maximum atomic E-state index is 15.3. The number of hydrogen-bond acceptors (Lipinski definition) is 0. The molecule has 0 N–H and O–H groups in total. The normalized spacial score (nSPS) is 12.1. The molecule has 40 heavy (non-hydrogen) atoms. The molecule has 0 saturated carbocycles. The summed E-state index contributed by atoms with van der Waals surface area (Å²) in [6.45, 7) is 0. The van der Waals surface area contributed by atoms with Gasteiger partial charge >= 0.3 is 6.18 Å². The smallest absolute Gasteiger partial charge is 0.206 e. The summed E-state index contributed by atoms with van der Waals surface area (Å²) in [7, 11) is 0. The Morgan fingerprint density at radius 3 is 1.27 bits per heavy atom. The highest BCUT2D eigenvalue weighted by Crippen LogP contribution is 2.49. The number of halogens is 13. The van der Waals surface area contributed by atoms with Gasteiger partial charge in [0.1, 0.15) is 11.4 Å². The summed E-state index contributed by atoms with van der Waals surface area (Å²) in [5.74, 6) is -24.3. The Kier molecular flexibility index (Phi) is 6.23. The molecule has 5 rings (SSSR count). The third kappa shape index (κ3) is 3.70. The summed E-state index contributed by atoms with van der Waals surface area (Å²) in [6, 6.07) is 6.38. The zero-order valence-corrected chi connectivity index (χ0v) is 19.0. The predicted molar refractivity (Wildman–Crippen MR) is 117 cm³/mol. The Labute approximate surface area is 213 Å². The third-order valence-corrected chi connectivity index (χ3v) is 6.26. The van der Waals surface area contributed by atoms with Gasteiger partial charge < -0.3 is 0 Å². The van der Waals surface area contributed by atoms with Crippen molar-refractivity contribution in [3.8, 4) is 22.3 Å². The van der Waals surface area contributed by atoms with Gasteiger partial charge in [-0.3, -0.25) is 0 Å². The third-order valence-electron chi connectivity index (χ3n) is 6.26. The zero-order chi connectivity index (χ0) is 29.4. The molecule has 5 aromatic carbocycles. The highest BCUT2D eigenvalue weighted by Gasteiger charge is 2.43. The molecule has 0 amide bonds. The summed E-state index contributed by atoms with van der Waals surface area (Å²) >= 11 is 0. The summed E-state index contributed by atoms with van der Waals surface area (Å²) in [6.07, 6.45) is -5.87. The molecule has 0 aromatic heterocycles. The Balaban J connectivity index is 2.08. The quantitative estimate of drug-likeness (QED) is 0.0847. The van der Waals surface area contributed by atoms with E-state index in [1.54, 1.807) is 0 Å². The first-order valence-electron chi connectivity index (χ1n) is 10.8. The maximum absolute atomic E-state index is 15.3. The molecule has 0 nitrogen and oxygen atoms in total. The molecule has 0 radical (unpaired) electrons. The van der Waals surface area contributed by atoms with E-state index in [1.807, 2.05) is 0 Å². The zero-order valence-electron chi connectivity index (χ0n) is 19.0. The molecule has 206 valence electrons. The molecule has 0 aliphatic rings.